The van der Waals surface area contributed by atoms with Crippen LogP contribution in [0.5, 0.6) is 0 Å². The van der Waals surface area contributed by atoms with Gasteiger partial charge in [0.25, 0.3) is 5.91 Å². The number of benzene rings is 2. The number of likely N-dealkylation sites (N-methyl/N-ethyl adjacent to an activating group) is 1. The molecule has 0 atom stereocenters. The van der Waals surface area contributed by atoms with E-state index in [1.807, 2.05) is 66.4 Å². The zero-order chi connectivity index (χ0) is 20.2. The van der Waals surface area contributed by atoms with E-state index in [0.717, 1.165) is 29.9 Å². The summed E-state index contributed by atoms with van der Waals surface area (Å²) in [6, 6.07) is 19.5. The fourth-order valence-electron chi connectivity index (χ4n) is 3.36. The number of hydrogen-bond acceptors (Lipinski definition) is 5. The van der Waals surface area contributed by atoms with Crippen LogP contribution in [0.3, 0.4) is 0 Å². The van der Waals surface area contributed by atoms with Gasteiger partial charge >= 0.3 is 0 Å². The summed E-state index contributed by atoms with van der Waals surface area (Å²) >= 11 is 0. The van der Waals surface area contributed by atoms with Gasteiger partial charge in [-0.3, -0.25) is 4.79 Å². The van der Waals surface area contributed by atoms with Crippen LogP contribution in [-0.4, -0.2) is 58.9 Å². The molecular weight excluding hydrogens is 362 g/mol. The minimum atomic E-state index is -0.0504. The molecular formula is C23H25N5O. The van der Waals surface area contributed by atoms with Crippen LogP contribution in [0, 0.1) is 6.92 Å². The number of rotatable bonds is 4. The van der Waals surface area contributed by atoms with Crippen molar-refractivity contribution in [2.45, 2.75) is 6.92 Å². The zero-order valence-corrected chi connectivity index (χ0v) is 16.8. The van der Waals surface area contributed by atoms with Crippen LogP contribution in [0.15, 0.2) is 60.7 Å². The number of carbonyl (C=O) groups is 1. The van der Waals surface area contributed by atoms with Crippen LogP contribution in [0.1, 0.15) is 16.1 Å². The summed E-state index contributed by atoms with van der Waals surface area (Å²) in [5, 5.41) is 3.36. The smallest absolute Gasteiger partial charge is 0.272 e. The number of aryl methyl sites for hydroxylation is 1. The third kappa shape index (κ3) is 4.43. The van der Waals surface area contributed by atoms with Gasteiger partial charge in [0.15, 0.2) is 5.82 Å². The minimum absolute atomic E-state index is 0.0504. The van der Waals surface area contributed by atoms with Crippen LogP contribution >= 0.6 is 0 Å². The predicted molar refractivity (Wildman–Crippen MR) is 115 cm³/mol. The van der Waals surface area contributed by atoms with Crippen molar-refractivity contribution in [2.24, 2.45) is 0 Å². The molecule has 1 amide bonds. The first-order valence-corrected chi connectivity index (χ1v) is 9.85. The second-order valence-electron chi connectivity index (χ2n) is 7.36. The van der Waals surface area contributed by atoms with Gasteiger partial charge in [0.1, 0.15) is 11.5 Å². The van der Waals surface area contributed by atoms with Crippen LogP contribution in [0.2, 0.25) is 0 Å². The summed E-state index contributed by atoms with van der Waals surface area (Å²) in [6.07, 6.45) is 0. The molecule has 6 heteroatoms. The van der Waals surface area contributed by atoms with Crippen molar-refractivity contribution in [3.8, 4) is 11.4 Å². The molecule has 0 unspecified atom stereocenters. The summed E-state index contributed by atoms with van der Waals surface area (Å²) in [7, 11) is 2.07. The van der Waals surface area contributed by atoms with Gasteiger partial charge in [-0.25, -0.2) is 9.97 Å². The van der Waals surface area contributed by atoms with Crippen LogP contribution in [0.4, 0.5) is 11.5 Å². The maximum atomic E-state index is 13.2. The highest BCUT2D eigenvalue weighted by atomic mass is 16.2. The van der Waals surface area contributed by atoms with Gasteiger partial charge in [0.05, 0.1) is 0 Å². The summed E-state index contributed by atoms with van der Waals surface area (Å²) < 4.78 is 0. The molecule has 3 aromatic rings. The summed E-state index contributed by atoms with van der Waals surface area (Å²) in [5.41, 5.74) is 3.37. The average molecular weight is 387 g/mol. The molecule has 29 heavy (non-hydrogen) atoms. The third-order valence-corrected chi connectivity index (χ3v) is 5.18. The van der Waals surface area contributed by atoms with Crippen LogP contribution in [0.25, 0.3) is 11.4 Å². The zero-order valence-electron chi connectivity index (χ0n) is 16.8. The van der Waals surface area contributed by atoms with E-state index in [2.05, 4.69) is 27.2 Å². The third-order valence-electron chi connectivity index (χ3n) is 5.18. The Bertz CT molecular complexity index is 997. The van der Waals surface area contributed by atoms with E-state index in [4.69, 9.17) is 0 Å². The molecule has 1 saturated heterocycles. The molecule has 1 fully saturated rings. The second-order valence-corrected chi connectivity index (χ2v) is 7.36. The molecule has 1 aromatic heterocycles. The van der Waals surface area contributed by atoms with E-state index in [0.29, 0.717) is 30.4 Å². The Balaban J connectivity index is 1.70. The second kappa shape index (κ2) is 8.41. The molecule has 1 aliphatic heterocycles. The number of para-hydroxylation sites is 1. The Kier molecular flexibility index (Phi) is 5.53. The SMILES string of the molecule is Cc1ccccc1Nc1cc(C(=O)N2CCN(C)CC2)nc(-c2ccccc2)n1. The standard InChI is InChI=1S/C23H25N5O/c1-17-8-6-7-11-19(17)24-21-16-20(23(29)28-14-12-27(2)13-15-28)25-22(26-21)18-9-4-3-5-10-18/h3-11,16H,12-15H2,1-2H3,(H,24,25,26). The van der Waals surface area contributed by atoms with Gasteiger partial charge in [-0.2, -0.15) is 0 Å². The van der Waals surface area contributed by atoms with Crippen LogP contribution < -0.4 is 5.32 Å². The Morgan fingerprint density at radius 2 is 1.62 bits per heavy atom. The molecule has 0 aliphatic carbocycles. The topological polar surface area (TPSA) is 61.4 Å². The molecule has 2 heterocycles. The lowest BCUT2D eigenvalue weighted by atomic mass is 10.2. The van der Waals surface area contributed by atoms with E-state index >= 15 is 0 Å². The molecule has 0 spiro atoms. The highest BCUT2D eigenvalue weighted by Gasteiger charge is 2.23. The maximum Gasteiger partial charge on any atom is 0.272 e. The van der Waals surface area contributed by atoms with E-state index in [1.54, 1.807) is 6.07 Å². The van der Waals surface area contributed by atoms with Crippen molar-refractivity contribution in [3.63, 3.8) is 0 Å². The van der Waals surface area contributed by atoms with Crippen molar-refractivity contribution in [1.29, 1.82) is 0 Å². The van der Waals surface area contributed by atoms with Gasteiger partial charge in [-0.15, -0.1) is 0 Å². The molecule has 1 aliphatic rings. The number of anilines is 2. The first-order chi connectivity index (χ1) is 14.1. The number of nitrogens with zero attached hydrogens (tertiary/aromatic N) is 4. The largest absolute Gasteiger partial charge is 0.340 e. The van der Waals surface area contributed by atoms with Crippen molar-refractivity contribution in [2.75, 3.05) is 38.5 Å². The lowest BCUT2D eigenvalue weighted by molar-refractivity contribution is 0.0658. The van der Waals surface area contributed by atoms with Gasteiger partial charge in [-0.05, 0) is 25.6 Å². The first kappa shape index (κ1) is 19.1. The number of piperazine rings is 1. The fraction of sp³-hybridized carbons (Fsp3) is 0.261. The Morgan fingerprint density at radius 1 is 0.931 bits per heavy atom. The van der Waals surface area contributed by atoms with E-state index < -0.39 is 0 Å². The Morgan fingerprint density at radius 3 is 2.34 bits per heavy atom. The van der Waals surface area contributed by atoms with Crippen molar-refractivity contribution in [1.82, 2.24) is 19.8 Å². The molecule has 6 nitrogen and oxygen atoms in total. The minimum Gasteiger partial charge on any atom is -0.340 e. The number of carbonyl (C=O) groups excluding carboxylic acids is 1. The van der Waals surface area contributed by atoms with Crippen molar-refractivity contribution >= 4 is 17.4 Å². The molecule has 2 aromatic carbocycles. The van der Waals surface area contributed by atoms with E-state index in [-0.39, 0.29) is 5.91 Å². The fourth-order valence-corrected chi connectivity index (χ4v) is 3.36. The summed E-state index contributed by atoms with van der Waals surface area (Å²) in [5.74, 6) is 1.11. The normalized spacial score (nSPS) is 14.6. The number of amides is 1. The Hall–Kier alpha value is -3.25. The maximum absolute atomic E-state index is 13.2. The lowest BCUT2D eigenvalue weighted by Crippen LogP contribution is -2.47. The van der Waals surface area contributed by atoms with E-state index in [9.17, 15) is 4.79 Å². The van der Waals surface area contributed by atoms with Gasteiger partial charge < -0.3 is 15.1 Å². The molecule has 0 bridgehead atoms. The van der Waals surface area contributed by atoms with Crippen LogP contribution in [-0.2, 0) is 0 Å². The molecule has 0 radical (unpaired) electrons. The Labute approximate surface area is 171 Å². The summed E-state index contributed by atoms with van der Waals surface area (Å²) in [4.78, 5) is 26.5. The lowest BCUT2D eigenvalue weighted by Gasteiger charge is -2.32. The average Bonchev–Trinajstić information content (AvgIpc) is 2.76. The highest BCUT2D eigenvalue weighted by Crippen LogP contribution is 2.23. The summed E-state index contributed by atoms with van der Waals surface area (Å²) in [6.45, 7) is 5.20. The van der Waals surface area contributed by atoms with E-state index in [1.165, 1.54) is 0 Å². The number of nitrogens with one attached hydrogen (secondary N) is 1. The number of hydrogen-bond donors (Lipinski definition) is 1. The molecule has 0 saturated carbocycles. The molecule has 1 N–H and O–H groups in total. The van der Waals surface area contributed by atoms with Crippen molar-refractivity contribution in [3.05, 3.63) is 71.9 Å². The molecule has 4 rings (SSSR count). The van der Waals surface area contributed by atoms with Gasteiger partial charge in [0.2, 0.25) is 0 Å². The van der Waals surface area contributed by atoms with Gasteiger partial charge in [-0.1, -0.05) is 48.5 Å². The predicted octanol–water partition coefficient (Wildman–Crippen LogP) is 3.58. The first-order valence-electron chi connectivity index (χ1n) is 9.85. The van der Waals surface area contributed by atoms with Crippen molar-refractivity contribution < 1.29 is 4.79 Å². The highest BCUT2D eigenvalue weighted by molar-refractivity contribution is 5.93. The number of aromatic nitrogens is 2. The monoisotopic (exact) mass is 387 g/mol. The molecule has 148 valence electrons. The quantitative estimate of drug-likeness (QED) is 0.741. The van der Waals surface area contributed by atoms with Gasteiger partial charge in [0, 0.05) is 43.5 Å².